The maximum absolute atomic E-state index is 4.87. The van der Waals surface area contributed by atoms with Crippen molar-refractivity contribution in [3.63, 3.8) is 0 Å². The maximum Gasteiger partial charge on any atom is 0.113 e. The van der Waals surface area contributed by atoms with Crippen LogP contribution in [-0.4, -0.2) is 35.1 Å². The van der Waals surface area contributed by atoms with Gasteiger partial charge in [-0.2, -0.15) is 0 Å². The normalized spacial score (nSPS) is 20.0. The van der Waals surface area contributed by atoms with Crippen LogP contribution in [0, 0.1) is 13.8 Å². The van der Waals surface area contributed by atoms with Crippen molar-refractivity contribution in [1.82, 2.24) is 15.2 Å². The van der Waals surface area contributed by atoms with Gasteiger partial charge in [0, 0.05) is 30.1 Å². The molecule has 0 aliphatic carbocycles. The molecular weight excluding hydrogens is 266 g/mol. The Morgan fingerprint density at radius 1 is 1.15 bits per heavy atom. The third kappa shape index (κ3) is 3.23. The molecule has 4 heteroatoms. The summed E-state index contributed by atoms with van der Waals surface area (Å²) >= 11 is 1.88. The van der Waals surface area contributed by atoms with E-state index in [9.17, 15) is 0 Å². The average Bonchev–Trinajstić information content (AvgIpc) is 2.70. The Bertz CT molecular complexity index is 423. The van der Waals surface area contributed by atoms with Gasteiger partial charge in [0.05, 0.1) is 11.2 Å². The minimum atomic E-state index is 0.0866. The fraction of sp³-hybridized carbons (Fsp3) is 0.812. The first-order valence-corrected chi connectivity index (χ1v) is 8.62. The van der Waals surface area contributed by atoms with Gasteiger partial charge in [0.15, 0.2) is 0 Å². The number of aryl methyl sites for hydroxylation is 2. The third-order valence-corrected chi connectivity index (χ3v) is 5.66. The lowest BCUT2D eigenvalue weighted by atomic mass is 9.86. The van der Waals surface area contributed by atoms with Gasteiger partial charge in [-0.15, -0.1) is 11.3 Å². The quantitative estimate of drug-likeness (QED) is 0.922. The summed E-state index contributed by atoms with van der Waals surface area (Å²) in [6, 6.07) is 1.14. The Morgan fingerprint density at radius 2 is 1.75 bits per heavy atom. The van der Waals surface area contributed by atoms with Gasteiger partial charge in [-0.3, -0.25) is 0 Å². The van der Waals surface area contributed by atoms with Crippen LogP contribution in [0.15, 0.2) is 0 Å². The topological polar surface area (TPSA) is 28.2 Å². The van der Waals surface area contributed by atoms with Crippen LogP contribution in [0.5, 0.6) is 0 Å². The van der Waals surface area contributed by atoms with Crippen LogP contribution in [0.25, 0.3) is 0 Å². The van der Waals surface area contributed by atoms with Gasteiger partial charge in [-0.1, -0.05) is 0 Å². The average molecular weight is 295 g/mol. The summed E-state index contributed by atoms with van der Waals surface area (Å²) in [5.74, 6) is 0. The molecule has 0 amide bonds. The summed E-state index contributed by atoms with van der Waals surface area (Å²) in [4.78, 5) is 8.80. The van der Waals surface area contributed by atoms with E-state index in [1.807, 2.05) is 11.3 Å². The van der Waals surface area contributed by atoms with Gasteiger partial charge in [-0.05, 0) is 54.4 Å². The molecule has 1 fully saturated rings. The molecular formula is C16H29N3S. The second-order valence-electron chi connectivity index (χ2n) is 6.67. The zero-order valence-corrected chi connectivity index (χ0v) is 14.6. The Balaban J connectivity index is 2.24. The smallest absolute Gasteiger partial charge is 0.113 e. The van der Waals surface area contributed by atoms with E-state index in [4.69, 9.17) is 4.98 Å². The molecule has 1 aromatic rings. The van der Waals surface area contributed by atoms with E-state index in [0.29, 0.717) is 12.1 Å². The zero-order valence-electron chi connectivity index (χ0n) is 13.8. The number of thiazole rings is 1. The van der Waals surface area contributed by atoms with Crippen molar-refractivity contribution >= 4 is 11.3 Å². The molecule has 3 nitrogen and oxygen atoms in total. The molecule has 1 saturated heterocycles. The van der Waals surface area contributed by atoms with Crippen LogP contribution in [0.4, 0.5) is 0 Å². The maximum atomic E-state index is 4.87. The largest absolute Gasteiger partial charge is 0.303 e. The van der Waals surface area contributed by atoms with Gasteiger partial charge >= 0.3 is 0 Å². The number of nitrogens with zero attached hydrogens (tertiary/aromatic N) is 2. The van der Waals surface area contributed by atoms with Crippen molar-refractivity contribution in [1.29, 1.82) is 0 Å². The Morgan fingerprint density at radius 3 is 2.15 bits per heavy atom. The van der Waals surface area contributed by atoms with Gasteiger partial charge in [0.1, 0.15) is 5.01 Å². The highest BCUT2D eigenvalue weighted by molar-refractivity contribution is 7.11. The third-order valence-electron chi connectivity index (χ3n) is 4.38. The van der Waals surface area contributed by atoms with Crippen molar-refractivity contribution in [2.45, 2.75) is 72.0 Å². The number of hydrogen-bond donors (Lipinski definition) is 1. The van der Waals surface area contributed by atoms with Crippen LogP contribution in [-0.2, 0) is 5.54 Å². The lowest BCUT2D eigenvalue weighted by Gasteiger charge is -2.43. The molecule has 0 radical (unpaired) electrons. The van der Waals surface area contributed by atoms with Crippen LogP contribution >= 0.6 is 11.3 Å². The number of aromatic nitrogens is 1. The van der Waals surface area contributed by atoms with E-state index in [1.165, 1.54) is 15.6 Å². The Hall–Kier alpha value is -0.450. The van der Waals surface area contributed by atoms with Gasteiger partial charge in [0.2, 0.25) is 0 Å². The van der Waals surface area contributed by atoms with E-state index < -0.39 is 0 Å². The summed E-state index contributed by atoms with van der Waals surface area (Å²) in [5.41, 5.74) is 1.28. The monoisotopic (exact) mass is 295 g/mol. The number of piperidine rings is 1. The number of likely N-dealkylation sites (tertiary alicyclic amines) is 1. The molecule has 1 aliphatic rings. The highest BCUT2D eigenvalue weighted by Gasteiger charge is 2.39. The summed E-state index contributed by atoms with van der Waals surface area (Å²) in [6.45, 7) is 15.7. The number of hydrogen-bond acceptors (Lipinski definition) is 4. The van der Waals surface area contributed by atoms with Gasteiger partial charge in [-0.25, -0.2) is 4.98 Å². The van der Waals surface area contributed by atoms with E-state index in [2.05, 4.69) is 51.8 Å². The Labute approximate surface area is 127 Å². The molecule has 0 bridgehead atoms. The summed E-state index contributed by atoms with van der Waals surface area (Å²) in [7, 11) is 0. The van der Waals surface area contributed by atoms with Gasteiger partial charge < -0.3 is 10.2 Å². The van der Waals surface area contributed by atoms with Crippen LogP contribution in [0.3, 0.4) is 0 Å². The number of nitrogens with one attached hydrogen (secondary N) is 1. The molecule has 1 aliphatic heterocycles. The van der Waals surface area contributed by atoms with Crippen molar-refractivity contribution in [3.8, 4) is 0 Å². The molecule has 0 saturated carbocycles. The molecule has 1 N–H and O–H groups in total. The molecule has 0 unspecified atom stereocenters. The van der Waals surface area contributed by atoms with Crippen molar-refractivity contribution < 1.29 is 0 Å². The Kier molecular flexibility index (Phi) is 4.88. The second kappa shape index (κ2) is 6.12. The van der Waals surface area contributed by atoms with E-state index in [1.54, 1.807) is 0 Å². The van der Waals surface area contributed by atoms with E-state index >= 15 is 0 Å². The summed E-state index contributed by atoms with van der Waals surface area (Å²) in [6.07, 6.45) is 2.32. The summed E-state index contributed by atoms with van der Waals surface area (Å²) < 4.78 is 0. The summed E-state index contributed by atoms with van der Waals surface area (Å²) in [5, 5.41) is 5.13. The fourth-order valence-electron chi connectivity index (χ4n) is 3.07. The van der Waals surface area contributed by atoms with E-state index in [-0.39, 0.29) is 5.54 Å². The first kappa shape index (κ1) is 15.9. The lowest BCUT2D eigenvalue weighted by molar-refractivity contribution is 0.103. The molecule has 20 heavy (non-hydrogen) atoms. The predicted molar refractivity (Wildman–Crippen MR) is 87.5 cm³/mol. The van der Waals surface area contributed by atoms with Crippen LogP contribution in [0.2, 0.25) is 0 Å². The van der Waals surface area contributed by atoms with Gasteiger partial charge in [0.25, 0.3) is 0 Å². The van der Waals surface area contributed by atoms with Crippen LogP contribution < -0.4 is 5.32 Å². The SMILES string of the molecule is Cc1nc(C2(NC(C)C)CCN(C(C)C)CC2)sc1C. The predicted octanol–water partition coefficient (Wildman–Crippen LogP) is 3.46. The molecule has 0 spiro atoms. The highest BCUT2D eigenvalue weighted by Crippen LogP contribution is 2.37. The van der Waals surface area contributed by atoms with Crippen LogP contribution in [0.1, 0.15) is 56.1 Å². The molecule has 2 rings (SSSR count). The fourth-order valence-corrected chi connectivity index (χ4v) is 4.20. The first-order valence-electron chi connectivity index (χ1n) is 7.80. The lowest BCUT2D eigenvalue weighted by Crippen LogP contribution is -2.54. The molecule has 1 aromatic heterocycles. The molecule has 0 aromatic carbocycles. The van der Waals surface area contributed by atoms with E-state index in [0.717, 1.165) is 25.9 Å². The van der Waals surface area contributed by atoms with Crippen molar-refractivity contribution in [2.24, 2.45) is 0 Å². The first-order chi connectivity index (χ1) is 9.34. The molecule has 114 valence electrons. The highest BCUT2D eigenvalue weighted by atomic mass is 32.1. The minimum absolute atomic E-state index is 0.0866. The van der Waals surface area contributed by atoms with Crippen molar-refractivity contribution in [3.05, 3.63) is 15.6 Å². The zero-order chi connectivity index (χ0) is 14.9. The second-order valence-corrected chi connectivity index (χ2v) is 7.87. The minimum Gasteiger partial charge on any atom is -0.303 e. The number of rotatable bonds is 4. The standard InChI is InChI=1S/C16H29N3S/c1-11(2)18-16(15-17-13(5)14(6)20-15)7-9-19(10-8-16)12(3)4/h11-12,18H,7-10H2,1-6H3. The van der Waals surface area contributed by atoms with Crippen molar-refractivity contribution in [2.75, 3.05) is 13.1 Å². The molecule has 0 atom stereocenters. The molecule has 2 heterocycles.